The molecule has 0 saturated carbocycles. The van der Waals surface area contributed by atoms with E-state index in [0.717, 1.165) is 0 Å². The molecule has 0 bridgehead atoms. The van der Waals surface area contributed by atoms with Crippen molar-refractivity contribution in [2.24, 2.45) is 0 Å². The Balaban J connectivity index is 1.94. The van der Waals surface area contributed by atoms with Crippen LogP contribution in [0.2, 0.25) is 0 Å². The molecule has 0 aliphatic carbocycles. The molecule has 2 rings (SSSR count). The van der Waals surface area contributed by atoms with E-state index < -0.39 is 11.7 Å². The van der Waals surface area contributed by atoms with Gasteiger partial charge in [0, 0.05) is 24.4 Å². The average molecular weight is 276 g/mol. The van der Waals surface area contributed by atoms with Gasteiger partial charge in [0.05, 0.1) is 12.7 Å². The number of aromatic nitrogens is 3. The molecule has 2 aromatic rings. The lowest BCUT2D eigenvalue weighted by Crippen LogP contribution is -2.15. The van der Waals surface area contributed by atoms with E-state index in [2.05, 4.69) is 15.6 Å². The van der Waals surface area contributed by atoms with Crippen LogP contribution < -0.4 is 5.32 Å². The number of anilines is 1. The van der Waals surface area contributed by atoms with Crippen LogP contribution in [0.15, 0.2) is 30.6 Å². The van der Waals surface area contributed by atoms with Crippen molar-refractivity contribution in [1.82, 2.24) is 15.0 Å². The number of benzene rings is 1. The van der Waals surface area contributed by atoms with Gasteiger partial charge in [0.2, 0.25) is 5.91 Å². The van der Waals surface area contributed by atoms with E-state index in [9.17, 15) is 14.7 Å². The van der Waals surface area contributed by atoms with Gasteiger partial charge in [0.1, 0.15) is 11.3 Å². The van der Waals surface area contributed by atoms with E-state index in [0.29, 0.717) is 12.2 Å². The first-order valence-electron chi connectivity index (χ1n) is 5.76. The quantitative estimate of drug-likeness (QED) is 0.740. The molecule has 0 spiro atoms. The summed E-state index contributed by atoms with van der Waals surface area (Å²) < 4.78 is 1.52. The zero-order valence-corrected chi connectivity index (χ0v) is 10.4. The topological polar surface area (TPSA) is 117 Å². The number of carbonyl (C=O) groups excluding carboxylic acids is 1. The number of nitrogens with one attached hydrogen (secondary N) is 1. The number of carboxylic acids is 1. The maximum Gasteiger partial charge on any atom is 0.339 e. The zero-order valence-electron chi connectivity index (χ0n) is 10.4. The van der Waals surface area contributed by atoms with Crippen LogP contribution in [0.1, 0.15) is 16.8 Å². The molecule has 104 valence electrons. The van der Waals surface area contributed by atoms with Gasteiger partial charge in [-0.25, -0.2) is 4.79 Å². The minimum absolute atomic E-state index is 0.185. The average Bonchev–Trinajstić information content (AvgIpc) is 2.89. The highest BCUT2D eigenvalue weighted by Crippen LogP contribution is 2.21. The fraction of sp³-hybridized carbons (Fsp3) is 0.167. The smallest absolute Gasteiger partial charge is 0.339 e. The van der Waals surface area contributed by atoms with E-state index >= 15 is 0 Å². The van der Waals surface area contributed by atoms with Crippen LogP contribution >= 0.6 is 0 Å². The molecule has 1 heterocycles. The molecule has 0 atom stereocenters. The third-order valence-electron chi connectivity index (χ3n) is 2.55. The molecule has 3 N–H and O–H groups in total. The Bertz CT molecular complexity index is 624. The third-order valence-corrected chi connectivity index (χ3v) is 2.55. The summed E-state index contributed by atoms with van der Waals surface area (Å²) in [4.78, 5) is 22.4. The summed E-state index contributed by atoms with van der Waals surface area (Å²) in [5.41, 5.74) is 0.113. The van der Waals surface area contributed by atoms with Gasteiger partial charge in [-0.1, -0.05) is 5.21 Å². The van der Waals surface area contributed by atoms with Crippen molar-refractivity contribution in [2.75, 3.05) is 5.32 Å². The van der Waals surface area contributed by atoms with Gasteiger partial charge in [0.15, 0.2) is 0 Å². The summed E-state index contributed by atoms with van der Waals surface area (Å²) in [5, 5.41) is 28.2. The first kappa shape index (κ1) is 13.5. The molecule has 0 radical (unpaired) electrons. The molecule has 1 amide bonds. The monoisotopic (exact) mass is 276 g/mol. The fourth-order valence-corrected chi connectivity index (χ4v) is 1.58. The fourth-order valence-electron chi connectivity index (χ4n) is 1.58. The maximum absolute atomic E-state index is 11.7. The number of rotatable bonds is 5. The minimum Gasteiger partial charge on any atom is -0.507 e. The van der Waals surface area contributed by atoms with Crippen LogP contribution in [0.3, 0.4) is 0 Å². The molecule has 1 aromatic heterocycles. The van der Waals surface area contributed by atoms with Crippen molar-refractivity contribution in [3.63, 3.8) is 0 Å². The normalized spacial score (nSPS) is 10.2. The Morgan fingerprint density at radius 2 is 2.15 bits per heavy atom. The molecule has 0 aliphatic heterocycles. The van der Waals surface area contributed by atoms with Crippen molar-refractivity contribution >= 4 is 17.6 Å². The van der Waals surface area contributed by atoms with Crippen molar-refractivity contribution in [1.29, 1.82) is 0 Å². The van der Waals surface area contributed by atoms with Crippen LogP contribution in [0.5, 0.6) is 5.75 Å². The number of carbonyl (C=O) groups is 2. The van der Waals surface area contributed by atoms with Crippen molar-refractivity contribution in [3.05, 3.63) is 36.2 Å². The van der Waals surface area contributed by atoms with Crippen molar-refractivity contribution < 1.29 is 19.8 Å². The van der Waals surface area contributed by atoms with Gasteiger partial charge in [-0.15, -0.1) is 5.10 Å². The summed E-state index contributed by atoms with van der Waals surface area (Å²) in [6.07, 6.45) is 3.34. The van der Waals surface area contributed by atoms with Crippen LogP contribution in [0.25, 0.3) is 0 Å². The van der Waals surface area contributed by atoms with Gasteiger partial charge >= 0.3 is 5.97 Å². The number of aromatic hydroxyl groups is 1. The van der Waals surface area contributed by atoms with E-state index in [1.54, 1.807) is 6.20 Å². The molecule has 8 nitrogen and oxygen atoms in total. The summed E-state index contributed by atoms with van der Waals surface area (Å²) in [5.74, 6) is -1.90. The lowest BCUT2D eigenvalue weighted by atomic mass is 10.2. The highest BCUT2D eigenvalue weighted by molar-refractivity contribution is 5.94. The summed E-state index contributed by atoms with van der Waals surface area (Å²) >= 11 is 0. The molecule has 1 aromatic carbocycles. The Labute approximate surface area is 113 Å². The largest absolute Gasteiger partial charge is 0.507 e. The van der Waals surface area contributed by atoms with Crippen LogP contribution in [0.4, 0.5) is 5.69 Å². The number of nitrogens with zero attached hydrogens (tertiary/aromatic N) is 3. The molecular weight excluding hydrogens is 264 g/mol. The summed E-state index contributed by atoms with van der Waals surface area (Å²) in [6.45, 7) is 0.380. The van der Waals surface area contributed by atoms with Gasteiger partial charge < -0.3 is 15.5 Å². The third kappa shape index (κ3) is 3.31. The van der Waals surface area contributed by atoms with Gasteiger partial charge in [-0.3, -0.25) is 9.48 Å². The highest BCUT2D eigenvalue weighted by Gasteiger charge is 2.11. The highest BCUT2D eigenvalue weighted by atomic mass is 16.4. The Morgan fingerprint density at radius 1 is 1.35 bits per heavy atom. The van der Waals surface area contributed by atoms with E-state index in [1.807, 2.05) is 0 Å². The number of carboxylic acid groups (broad SMARTS) is 1. The molecule has 20 heavy (non-hydrogen) atoms. The first-order valence-corrected chi connectivity index (χ1v) is 5.76. The number of phenols is 1. The lowest BCUT2D eigenvalue weighted by Gasteiger charge is -2.07. The molecule has 8 heteroatoms. The summed E-state index contributed by atoms with van der Waals surface area (Å²) in [7, 11) is 0. The minimum atomic E-state index is -1.23. The van der Waals surface area contributed by atoms with Crippen LogP contribution in [-0.2, 0) is 11.3 Å². The second kappa shape index (κ2) is 5.83. The zero-order chi connectivity index (χ0) is 14.5. The number of hydrogen-bond donors (Lipinski definition) is 3. The van der Waals surface area contributed by atoms with Gasteiger partial charge in [0.25, 0.3) is 0 Å². The van der Waals surface area contributed by atoms with Crippen LogP contribution in [0, 0.1) is 0 Å². The maximum atomic E-state index is 11.7. The standard InChI is InChI=1S/C12H12N4O4/c17-10-7-8(1-2-9(10)12(19)20)14-11(18)3-5-16-6-4-13-15-16/h1-2,4,6-7,17H,3,5H2,(H,14,18)(H,19,20). The second-order valence-electron chi connectivity index (χ2n) is 4.00. The molecular formula is C12H12N4O4. The predicted octanol–water partition coefficient (Wildman–Crippen LogP) is 0.711. The lowest BCUT2D eigenvalue weighted by molar-refractivity contribution is -0.116. The Morgan fingerprint density at radius 3 is 2.75 bits per heavy atom. The van der Waals surface area contributed by atoms with Gasteiger partial charge in [-0.05, 0) is 12.1 Å². The number of aromatic carboxylic acids is 1. The van der Waals surface area contributed by atoms with Gasteiger partial charge in [-0.2, -0.15) is 0 Å². The van der Waals surface area contributed by atoms with Crippen LogP contribution in [-0.4, -0.2) is 37.1 Å². The molecule has 0 saturated heterocycles. The van der Waals surface area contributed by atoms with E-state index in [1.165, 1.54) is 29.1 Å². The van der Waals surface area contributed by atoms with Crippen molar-refractivity contribution in [3.8, 4) is 5.75 Å². The predicted molar refractivity (Wildman–Crippen MR) is 68.3 cm³/mol. The molecule has 0 unspecified atom stereocenters. The molecule has 0 fully saturated rings. The molecule has 0 aliphatic rings. The second-order valence-corrected chi connectivity index (χ2v) is 4.00. The SMILES string of the molecule is O=C(CCn1ccnn1)Nc1ccc(C(=O)O)c(O)c1. The van der Waals surface area contributed by atoms with E-state index in [4.69, 9.17) is 5.11 Å². The first-order chi connectivity index (χ1) is 9.56. The number of aryl methyl sites for hydroxylation is 1. The number of amides is 1. The Kier molecular flexibility index (Phi) is 3.94. The number of hydrogen-bond acceptors (Lipinski definition) is 5. The van der Waals surface area contributed by atoms with Crippen molar-refractivity contribution in [2.45, 2.75) is 13.0 Å². The van der Waals surface area contributed by atoms with E-state index in [-0.39, 0.29) is 17.9 Å². The summed E-state index contributed by atoms with van der Waals surface area (Å²) in [6, 6.07) is 3.83. The Hall–Kier alpha value is -2.90.